The highest BCUT2D eigenvalue weighted by Gasteiger charge is 2.40. The minimum Gasteiger partial charge on any atom is -0.447 e. The molecule has 1 saturated heterocycles. The molecule has 1 aliphatic rings. The summed E-state index contributed by atoms with van der Waals surface area (Å²) in [4.78, 5) is 26.1. The van der Waals surface area contributed by atoms with Crippen molar-refractivity contribution in [2.24, 2.45) is 5.92 Å². The summed E-state index contributed by atoms with van der Waals surface area (Å²) in [5, 5.41) is 10.4. The van der Waals surface area contributed by atoms with Gasteiger partial charge in [0.25, 0.3) is 0 Å². The summed E-state index contributed by atoms with van der Waals surface area (Å²) in [5.74, 6) is -1.18. The summed E-state index contributed by atoms with van der Waals surface area (Å²) >= 11 is 0. The van der Waals surface area contributed by atoms with Gasteiger partial charge in [-0.05, 0) is 17.5 Å². The Balaban J connectivity index is 1.68. The van der Waals surface area contributed by atoms with E-state index in [0.717, 1.165) is 16.0 Å². The summed E-state index contributed by atoms with van der Waals surface area (Å²) < 4.78 is 5.10. The second kappa shape index (κ2) is 8.64. The molecule has 0 aromatic heterocycles. The highest BCUT2D eigenvalue weighted by molar-refractivity contribution is 5.95. The maximum Gasteiger partial charge on any atom is 0.416 e. The van der Waals surface area contributed by atoms with Crippen LogP contribution in [0.2, 0.25) is 0 Å². The summed E-state index contributed by atoms with van der Waals surface area (Å²) in [5.41, 5.74) is 1.95. The molecule has 5 heteroatoms. The number of imide groups is 1. The van der Waals surface area contributed by atoms with Gasteiger partial charge in [-0.2, -0.15) is 0 Å². The molecular weight excluding hydrogens is 342 g/mol. The minimum atomic E-state index is -0.997. The van der Waals surface area contributed by atoms with Crippen LogP contribution >= 0.6 is 0 Å². The first-order valence-electron chi connectivity index (χ1n) is 9.01. The maximum absolute atomic E-state index is 12.8. The van der Waals surface area contributed by atoms with E-state index in [1.54, 1.807) is 19.1 Å². The number of carbonyl (C=O) groups is 2. The predicted molar refractivity (Wildman–Crippen MR) is 103 cm³/mol. The number of nitrogens with zero attached hydrogens (tertiary/aromatic N) is 1. The molecule has 3 atom stereocenters. The first-order valence-corrected chi connectivity index (χ1v) is 9.01. The van der Waals surface area contributed by atoms with E-state index in [2.05, 4.69) is 0 Å². The van der Waals surface area contributed by atoms with Crippen LogP contribution in [0.15, 0.2) is 66.7 Å². The number of rotatable bonds is 6. The molecule has 1 fully saturated rings. The molecule has 3 rings (SSSR count). The van der Waals surface area contributed by atoms with E-state index in [-0.39, 0.29) is 12.6 Å². The van der Waals surface area contributed by atoms with E-state index < -0.39 is 24.0 Å². The Kier molecular flexibility index (Phi) is 6.04. The van der Waals surface area contributed by atoms with Gasteiger partial charge in [0, 0.05) is 0 Å². The average Bonchev–Trinajstić information content (AvgIpc) is 3.06. The van der Waals surface area contributed by atoms with Crippen molar-refractivity contribution in [3.05, 3.63) is 77.9 Å². The van der Waals surface area contributed by atoms with E-state index in [0.29, 0.717) is 6.42 Å². The SMILES string of the molecule is C[C@H](C(=O)N1C(=O)OC[C@H]1Cc1ccccc1)[C@@H](O)/C=C/c1ccccc1. The van der Waals surface area contributed by atoms with Crippen LogP contribution in [0.1, 0.15) is 18.1 Å². The van der Waals surface area contributed by atoms with Crippen molar-refractivity contribution in [2.45, 2.75) is 25.5 Å². The van der Waals surface area contributed by atoms with Crippen LogP contribution in [0.25, 0.3) is 6.08 Å². The fourth-order valence-electron chi connectivity index (χ4n) is 3.07. The maximum atomic E-state index is 12.8. The molecule has 0 bridgehead atoms. The summed E-state index contributed by atoms with van der Waals surface area (Å²) in [6, 6.07) is 18.8. The molecule has 1 N–H and O–H groups in total. The Bertz CT molecular complexity index is 804. The van der Waals surface area contributed by atoms with Crippen LogP contribution in [-0.4, -0.2) is 40.8 Å². The molecule has 140 valence electrons. The molecule has 2 aromatic carbocycles. The van der Waals surface area contributed by atoms with Crippen molar-refractivity contribution in [1.29, 1.82) is 0 Å². The largest absolute Gasteiger partial charge is 0.447 e. The van der Waals surface area contributed by atoms with Crippen LogP contribution in [0.4, 0.5) is 4.79 Å². The zero-order chi connectivity index (χ0) is 19.2. The van der Waals surface area contributed by atoms with Crippen LogP contribution in [-0.2, 0) is 16.0 Å². The number of carbonyl (C=O) groups excluding carboxylic acids is 2. The number of cyclic esters (lactones) is 1. The van der Waals surface area contributed by atoms with Crippen LogP contribution in [0, 0.1) is 5.92 Å². The fourth-order valence-corrected chi connectivity index (χ4v) is 3.07. The predicted octanol–water partition coefficient (Wildman–Crippen LogP) is 3.29. The molecule has 1 aliphatic heterocycles. The normalized spacial score (nSPS) is 19.1. The zero-order valence-electron chi connectivity index (χ0n) is 15.2. The van der Waals surface area contributed by atoms with Crippen molar-refractivity contribution in [2.75, 3.05) is 6.61 Å². The van der Waals surface area contributed by atoms with Crippen molar-refractivity contribution in [1.82, 2.24) is 4.90 Å². The quantitative estimate of drug-likeness (QED) is 0.853. The molecular formula is C22H23NO4. The topological polar surface area (TPSA) is 66.8 Å². The number of benzene rings is 2. The van der Waals surface area contributed by atoms with Gasteiger partial charge >= 0.3 is 6.09 Å². The first-order chi connectivity index (χ1) is 13.1. The lowest BCUT2D eigenvalue weighted by Gasteiger charge is -2.24. The Morgan fingerprint density at radius 3 is 2.48 bits per heavy atom. The van der Waals surface area contributed by atoms with Gasteiger partial charge in [0.05, 0.1) is 18.1 Å². The standard InChI is InChI=1S/C22H23NO4/c1-16(20(24)13-12-17-8-4-2-5-9-17)21(25)23-19(15-27-22(23)26)14-18-10-6-3-7-11-18/h2-13,16,19-20,24H,14-15H2,1H3/b13-12+/t16-,19+,20-/m0/s1. The Hall–Kier alpha value is -2.92. The third-order valence-electron chi connectivity index (χ3n) is 4.70. The molecule has 2 aromatic rings. The van der Waals surface area contributed by atoms with Crippen LogP contribution < -0.4 is 0 Å². The fraction of sp³-hybridized carbons (Fsp3) is 0.273. The molecule has 0 radical (unpaired) electrons. The van der Waals surface area contributed by atoms with Gasteiger partial charge in [0.1, 0.15) is 6.61 Å². The monoisotopic (exact) mass is 365 g/mol. The zero-order valence-corrected chi connectivity index (χ0v) is 15.2. The Morgan fingerprint density at radius 2 is 1.81 bits per heavy atom. The van der Waals surface area contributed by atoms with E-state index >= 15 is 0 Å². The molecule has 27 heavy (non-hydrogen) atoms. The second-order valence-corrected chi connectivity index (χ2v) is 6.68. The van der Waals surface area contributed by atoms with E-state index in [1.807, 2.05) is 60.7 Å². The summed E-state index contributed by atoms with van der Waals surface area (Å²) in [6.45, 7) is 1.79. The summed E-state index contributed by atoms with van der Waals surface area (Å²) in [6.07, 6.45) is 2.22. The van der Waals surface area contributed by atoms with E-state index in [9.17, 15) is 14.7 Å². The van der Waals surface area contributed by atoms with Gasteiger partial charge in [-0.15, -0.1) is 0 Å². The Labute approximate surface area is 158 Å². The van der Waals surface area contributed by atoms with E-state index in [4.69, 9.17) is 4.74 Å². The molecule has 0 saturated carbocycles. The van der Waals surface area contributed by atoms with Crippen molar-refractivity contribution in [3.63, 3.8) is 0 Å². The number of hydrogen-bond donors (Lipinski definition) is 1. The molecule has 0 unspecified atom stereocenters. The number of hydrogen-bond acceptors (Lipinski definition) is 4. The van der Waals surface area contributed by atoms with Crippen LogP contribution in [0.5, 0.6) is 0 Å². The number of amides is 2. The minimum absolute atomic E-state index is 0.169. The molecule has 0 aliphatic carbocycles. The van der Waals surface area contributed by atoms with Crippen molar-refractivity contribution < 1.29 is 19.4 Å². The number of ether oxygens (including phenoxy) is 1. The van der Waals surface area contributed by atoms with Gasteiger partial charge < -0.3 is 9.84 Å². The molecule has 2 amide bonds. The first kappa shape index (κ1) is 18.9. The van der Waals surface area contributed by atoms with E-state index in [1.165, 1.54) is 0 Å². The summed E-state index contributed by atoms with van der Waals surface area (Å²) in [7, 11) is 0. The average molecular weight is 365 g/mol. The van der Waals surface area contributed by atoms with Gasteiger partial charge in [-0.1, -0.05) is 79.7 Å². The molecule has 0 spiro atoms. The number of aliphatic hydroxyl groups is 1. The Morgan fingerprint density at radius 1 is 1.19 bits per heavy atom. The van der Waals surface area contributed by atoms with Crippen molar-refractivity contribution >= 4 is 18.1 Å². The highest BCUT2D eigenvalue weighted by Crippen LogP contribution is 2.21. The van der Waals surface area contributed by atoms with Crippen molar-refractivity contribution in [3.8, 4) is 0 Å². The third kappa shape index (κ3) is 4.63. The number of aliphatic hydroxyl groups excluding tert-OH is 1. The van der Waals surface area contributed by atoms with Crippen LogP contribution in [0.3, 0.4) is 0 Å². The molecule has 5 nitrogen and oxygen atoms in total. The second-order valence-electron chi connectivity index (χ2n) is 6.68. The lowest BCUT2D eigenvalue weighted by molar-refractivity contribution is -0.135. The lowest BCUT2D eigenvalue weighted by atomic mass is 9.99. The molecule has 1 heterocycles. The van der Waals surface area contributed by atoms with Gasteiger partial charge in [0.15, 0.2) is 0 Å². The third-order valence-corrected chi connectivity index (χ3v) is 4.70. The lowest BCUT2D eigenvalue weighted by Crippen LogP contribution is -2.45. The highest BCUT2D eigenvalue weighted by atomic mass is 16.6. The smallest absolute Gasteiger partial charge is 0.416 e. The van der Waals surface area contributed by atoms with Gasteiger partial charge in [-0.25, -0.2) is 9.69 Å². The van der Waals surface area contributed by atoms with Gasteiger partial charge in [0.2, 0.25) is 5.91 Å². The van der Waals surface area contributed by atoms with Gasteiger partial charge in [-0.3, -0.25) is 4.79 Å².